The first-order valence-corrected chi connectivity index (χ1v) is 4.58. The molecule has 0 amide bonds. The van der Waals surface area contributed by atoms with Crippen LogP contribution in [0.1, 0.15) is 24.6 Å². The van der Waals surface area contributed by atoms with E-state index in [4.69, 9.17) is 14.6 Å². The highest BCUT2D eigenvalue weighted by molar-refractivity contribution is 4.94. The summed E-state index contributed by atoms with van der Waals surface area (Å²) in [7, 11) is 0. The van der Waals surface area contributed by atoms with E-state index >= 15 is 0 Å². The van der Waals surface area contributed by atoms with Gasteiger partial charge in [-0.25, -0.2) is 4.98 Å². The van der Waals surface area contributed by atoms with E-state index in [0.717, 1.165) is 5.76 Å². The third-order valence-corrected chi connectivity index (χ3v) is 1.88. The van der Waals surface area contributed by atoms with Gasteiger partial charge in [0.25, 0.3) is 0 Å². The van der Waals surface area contributed by atoms with E-state index in [9.17, 15) is 0 Å². The van der Waals surface area contributed by atoms with Crippen LogP contribution in [-0.4, -0.2) is 34.5 Å². The zero-order chi connectivity index (χ0) is 10.6. The summed E-state index contributed by atoms with van der Waals surface area (Å²) in [6, 6.07) is -0.0649. The number of aliphatic hydroxyl groups is 2. The van der Waals surface area contributed by atoms with E-state index in [0.29, 0.717) is 12.4 Å². The minimum atomic E-state index is -0.742. The van der Waals surface area contributed by atoms with Crippen LogP contribution < -0.4 is 5.32 Å². The second kappa shape index (κ2) is 5.09. The Morgan fingerprint density at radius 1 is 1.64 bits per heavy atom. The van der Waals surface area contributed by atoms with Gasteiger partial charge in [-0.15, -0.1) is 0 Å². The van der Waals surface area contributed by atoms with E-state index in [1.165, 1.54) is 0 Å². The van der Waals surface area contributed by atoms with Crippen molar-refractivity contribution in [3.63, 3.8) is 0 Å². The second-order valence-corrected chi connectivity index (χ2v) is 3.28. The summed E-state index contributed by atoms with van der Waals surface area (Å²) in [5.41, 5.74) is 0. The fourth-order valence-electron chi connectivity index (χ4n) is 1.04. The maximum atomic E-state index is 9.10. The Kier molecular flexibility index (Phi) is 4.06. The number of hydrogen-bond acceptors (Lipinski definition) is 5. The molecular formula is C9H16N2O3. The van der Waals surface area contributed by atoms with Gasteiger partial charge in [-0.05, 0) is 13.8 Å². The highest BCUT2D eigenvalue weighted by atomic mass is 16.4. The van der Waals surface area contributed by atoms with Crippen LogP contribution in [0.15, 0.2) is 10.6 Å². The maximum absolute atomic E-state index is 9.10. The lowest BCUT2D eigenvalue weighted by molar-refractivity contribution is 0.0915. The fraction of sp³-hybridized carbons (Fsp3) is 0.667. The van der Waals surface area contributed by atoms with E-state index < -0.39 is 6.10 Å². The van der Waals surface area contributed by atoms with Gasteiger partial charge in [0.2, 0.25) is 5.89 Å². The molecule has 2 unspecified atom stereocenters. The van der Waals surface area contributed by atoms with Crippen LogP contribution in [0, 0.1) is 6.92 Å². The van der Waals surface area contributed by atoms with E-state index in [1.54, 1.807) is 6.20 Å². The molecular weight excluding hydrogens is 184 g/mol. The molecule has 0 aromatic carbocycles. The molecule has 5 heteroatoms. The molecule has 1 aromatic heterocycles. The van der Waals surface area contributed by atoms with Crippen molar-refractivity contribution in [2.24, 2.45) is 0 Å². The predicted molar refractivity (Wildman–Crippen MR) is 50.8 cm³/mol. The Bertz CT molecular complexity index is 275. The summed E-state index contributed by atoms with van der Waals surface area (Å²) in [6.45, 7) is 3.78. The van der Waals surface area contributed by atoms with Crippen molar-refractivity contribution in [1.82, 2.24) is 10.3 Å². The minimum absolute atomic E-state index is 0.0649. The number of nitrogens with zero attached hydrogens (tertiary/aromatic N) is 1. The van der Waals surface area contributed by atoms with Crippen LogP contribution in [0.4, 0.5) is 0 Å². The normalized spacial score (nSPS) is 15.4. The summed E-state index contributed by atoms with van der Waals surface area (Å²) in [6.07, 6.45) is 0.907. The van der Waals surface area contributed by atoms with Gasteiger partial charge in [0.1, 0.15) is 5.76 Å². The van der Waals surface area contributed by atoms with Gasteiger partial charge < -0.3 is 19.9 Å². The van der Waals surface area contributed by atoms with Gasteiger partial charge in [-0.3, -0.25) is 0 Å². The van der Waals surface area contributed by atoms with Crippen LogP contribution in [0.3, 0.4) is 0 Å². The van der Waals surface area contributed by atoms with Gasteiger partial charge in [0.15, 0.2) is 0 Å². The zero-order valence-corrected chi connectivity index (χ0v) is 8.40. The Balaban J connectivity index is 2.39. The van der Waals surface area contributed by atoms with Crippen molar-refractivity contribution in [1.29, 1.82) is 0 Å². The van der Waals surface area contributed by atoms with E-state index in [-0.39, 0.29) is 12.6 Å². The smallest absolute Gasteiger partial charge is 0.211 e. The van der Waals surface area contributed by atoms with Crippen molar-refractivity contribution < 1.29 is 14.6 Å². The SMILES string of the molecule is Cc1cnc(C(C)NCC(O)CO)o1. The molecule has 0 saturated carbocycles. The molecule has 1 heterocycles. The lowest BCUT2D eigenvalue weighted by Crippen LogP contribution is -2.31. The first-order valence-electron chi connectivity index (χ1n) is 4.58. The van der Waals surface area contributed by atoms with Crippen LogP contribution in [0.5, 0.6) is 0 Å². The summed E-state index contributed by atoms with van der Waals surface area (Å²) >= 11 is 0. The largest absolute Gasteiger partial charge is 0.444 e. The average molecular weight is 200 g/mol. The number of oxazole rings is 1. The minimum Gasteiger partial charge on any atom is -0.444 e. The third-order valence-electron chi connectivity index (χ3n) is 1.88. The topological polar surface area (TPSA) is 78.5 Å². The summed E-state index contributed by atoms with van der Waals surface area (Å²) in [5, 5.41) is 20.7. The van der Waals surface area contributed by atoms with Crippen LogP contribution in [0.25, 0.3) is 0 Å². The van der Waals surface area contributed by atoms with Crippen LogP contribution in [0.2, 0.25) is 0 Å². The molecule has 80 valence electrons. The van der Waals surface area contributed by atoms with Crippen molar-refractivity contribution in [2.45, 2.75) is 26.0 Å². The number of aryl methyl sites for hydroxylation is 1. The first-order chi connectivity index (χ1) is 6.63. The molecule has 0 saturated heterocycles. The molecule has 0 radical (unpaired) electrons. The van der Waals surface area contributed by atoms with Gasteiger partial charge in [-0.2, -0.15) is 0 Å². The molecule has 0 aliphatic rings. The zero-order valence-electron chi connectivity index (χ0n) is 8.40. The molecule has 1 rings (SSSR count). The highest BCUT2D eigenvalue weighted by Crippen LogP contribution is 2.11. The van der Waals surface area contributed by atoms with Gasteiger partial charge in [0, 0.05) is 6.54 Å². The number of hydrogen-bond donors (Lipinski definition) is 3. The molecule has 3 N–H and O–H groups in total. The van der Waals surface area contributed by atoms with Crippen LogP contribution >= 0.6 is 0 Å². The lowest BCUT2D eigenvalue weighted by Gasteiger charge is -2.12. The molecule has 14 heavy (non-hydrogen) atoms. The van der Waals surface area contributed by atoms with Gasteiger partial charge in [-0.1, -0.05) is 0 Å². The first kappa shape index (κ1) is 11.2. The third kappa shape index (κ3) is 3.10. The second-order valence-electron chi connectivity index (χ2n) is 3.28. The molecule has 0 fully saturated rings. The Labute approximate surface area is 82.8 Å². The van der Waals surface area contributed by atoms with Gasteiger partial charge >= 0.3 is 0 Å². The summed E-state index contributed by atoms with van der Waals surface area (Å²) < 4.78 is 5.29. The fourth-order valence-corrected chi connectivity index (χ4v) is 1.04. The number of aromatic nitrogens is 1. The number of rotatable bonds is 5. The molecule has 0 spiro atoms. The van der Waals surface area contributed by atoms with Crippen molar-refractivity contribution in [3.8, 4) is 0 Å². The van der Waals surface area contributed by atoms with E-state index in [1.807, 2.05) is 13.8 Å². The van der Waals surface area contributed by atoms with E-state index in [2.05, 4.69) is 10.3 Å². The number of aliphatic hydroxyl groups excluding tert-OH is 2. The summed E-state index contributed by atoms with van der Waals surface area (Å²) in [5.74, 6) is 1.35. The maximum Gasteiger partial charge on any atom is 0.211 e. The predicted octanol–water partition coefficient (Wildman–Crippen LogP) is -0.0132. The quantitative estimate of drug-likeness (QED) is 0.623. The van der Waals surface area contributed by atoms with Crippen LogP contribution in [-0.2, 0) is 0 Å². The lowest BCUT2D eigenvalue weighted by atomic mass is 10.3. The molecule has 0 aliphatic heterocycles. The Hall–Kier alpha value is -0.910. The molecule has 1 aromatic rings. The molecule has 0 aliphatic carbocycles. The Morgan fingerprint density at radius 2 is 2.36 bits per heavy atom. The van der Waals surface area contributed by atoms with Crippen molar-refractivity contribution in [2.75, 3.05) is 13.2 Å². The highest BCUT2D eigenvalue weighted by Gasteiger charge is 2.12. The van der Waals surface area contributed by atoms with Crippen molar-refractivity contribution >= 4 is 0 Å². The monoisotopic (exact) mass is 200 g/mol. The van der Waals surface area contributed by atoms with Gasteiger partial charge in [0.05, 0.1) is 24.9 Å². The van der Waals surface area contributed by atoms with Crippen molar-refractivity contribution in [3.05, 3.63) is 17.8 Å². The molecule has 5 nitrogen and oxygen atoms in total. The number of nitrogens with one attached hydrogen (secondary N) is 1. The molecule has 0 bridgehead atoms. The average Bonchev–Trinajstić information content (AvgIpc) is 2.60. The standard InChI is InChI=1S/C9H16N2O3/c1-6-3-11-9(14-6)7(2)10-4-8(13)5-12/h3,7-8,10,12-13H,4-5H2,1-2H3. The Morgan fingerprint density at radius 3 is 2.86 bits per heavy atom. The molecule has 2 atom stereocenters. The summed E-state index contributed by atoms with van der Waals surface area (Å²) in [4.78, 5) is 4.05.